The van der Waals surface area contributed by atoms with Gasteiger partial charge in [-0.15, -0.1) is 0 Å². The quantitative estimate of drug-likeness (QED) is 0.314. The van der Waals surface area contributed by atoms with E-state index in [1.807, 2.05) is 6.92 Å². The van der Waals surface area contributed by atoms with E-state index in [0.717, 1.165) is 5.56 Å². The van der Waals surface area contributed by atoms with Crippen LogP contribution in [0.2, 0.25) is 0 Å². The Labute approximate surface area is 65.5 Å². The molecule has 1 aromatic rings. The van der Waals surface area contributed by atoms with Gasteiger partial charge in [-0.2, -0.15) is 0 Å². The van der Waals surface area contributed by atoms with E-state index in [1.165, 1.54) is 0 Å². The molecule has 0 heterocycles. The van der Waals surface area contributed by atoms with Crippen molar-refractivity contribution in [3.8, 4) is 0 Å². The number of amidine groups is 1. The number of anilines is 1. The lowest BCUT2D eigenvalue weighted by molar-refractivity contribution is 1.37. The first-order valence-corrected chi connectivity index (χ1v) is 3.32. The molecule has 0 aromatic heterocycles. The third kappa shape index (κ3) is 1.32. The van der Waals surface area contributed by atoms with Gasteiger partial charge in [0.2, 0.25) is 0 Å². The molecule has 11 heavy (non-hydrogen) atoms. The molecule has 0 aliphatic rings. The Balaban J connectivity index is 3.27. The predicted octanol–water partition coefficient (Wildman–Crippen LogP) is 0.861. The number of nitrogens with one attached hydrogen (secondary N) is 1. The lowest BCUT2D eigenvalue weighted by Crippen LogP contribution is -2.13. The van der Waals surface area contributed by atoms with Crippen molar-refractivity contribution >= 4 is 11.5 Å². The Morgan fingerprint density at radius 2 is 2.09 bits per heavy atom. The molecule has 0 spiro atoms. The van der Waals surface area contributed by atoms with Crippen LogP contribution >= 0.6 is 0 Å². The van der Waals surface area contributed by atoms with Gasteiger partial charge in [-0.1, -0.05) is 12.1 Å². The summed E-state index contributed by atoms with van der Waals surface area (Å²) in [6, 6.07) is 5.37. The highest BCUT2D eigenvalue weighted by atomic mass is 14.7. The van der Waals surface area contributed by atoms with Crippen LogP contribution in [0.1, 0.15) is 11.1 Å². The second-order valence-electron chi connectivity index (χ2n) is 2.43. The molecule has 0 unspecified atom stereocenters. The summed E-state index contributed by atoms with van der Waals surface area (Å²) in [4.78, 5) is 0. The van der Waals surface area contributed by atoms with Crippen molar-refractivity contribution in [1.29, 1.82) is 5.41 Å². The zero-order chi connectivity index (χ0) is 8.43. The molecule has 5 N–H and O–H groups in total. The third-order valence-corrected chi connectivity index (χ3v) is 1.67. The number of hydrogen-bond donors (Lipinski definition) is 3. The number of benzene rings is 1. The van der Waals surface area contributed by atoms with E-state index in [1.54, 1.807) is 18.2 Å². The maximum atomic E-state index is 7.20. The number of hydrogen-bond acceptors (Lipinski definition) is 2. The first-order valence-electron chi connectivity index (χ1n) is 3.32. The number of rotatable bonds is 1. The molecule has 1 rings (SSSR count). The highest BCUT2D eigenvalue weighted by Crippen LogP contribution is 2.14. The van der Waals surface area contributed by atoms with Gasteiger partial charge in [0.1, 0.15) is 5.84 Å². The monoisotopic (exact) mass is 149 g/mol. The minimum Gasteiger partial charge on any atom is -0.398 e. The summed E-state index contributed by atoms with van der Waals surface area (Å²) < 4.78 is 0. The zero-order valence-electron chi connectivity index (χ0n) is 6.39. The van der Waals surface area contributed by atoms with Gasteiger partial charge in [-0.3, -0.25) is 5.41 Å². The molecule has 0 aliphatic heterocycles. The Bertz CT molecular complexity index is 291. The molecular formula is C8H11N3. The van der Waals surface area contributed by atoms with Crippen LogP contribution in [-0.2, 0) is 0 Å². The molecule has 0 saturated carbocycles. The Morgan fingerprint density at radius 3 is 2.55 bits per heavy atom. The second-order valence-corrected chi connectivity index (χ2v) is 2.43. The molecule has 0 bridgehead atoms. The van der Waals surface area contributed by atoms with Crippen LogP contribution in [0.15, 0.2) is 18.2 Å². The average Bonchev–Trinajstić information content (AvgIpc) is 1.94. The molecule has 3 nitrogen and oxygen atoms in total. The molecule has 0 amide bonds. The van der Waals surface area contributed by atoms with Gasteiger partial charge in [-0.05, 0) is 18.6 Å². The lowest BCUT2D eigenvalue weighted by Gasteiger charge is -2.04. The fraction of sp³-hybridized carbons (Fsp3) is 0.125. The molecule has 0 radical (unpaired) electrons. The Morgan fingerprint density at radius 1 is 1.45 bits per heavy atom. The van der Waals surface area contributed by atoms with Crippen LogP contribution in [0.25, 0.3) is 0 Å². The van der Waals surface area contributed by atoms with Crippen molar-refractivity contribution < 1.29 is 0 Å². The standard InChI is InChI=1S/C8H11N3/c1-5-6(8(10)11)3-2-4-7(5)9/h2-4H,9H2,1H3,(H3,10,11). The average molecular weight is 149 g/mol. The maximum absolute atomic E-state index is 7.20. The lowest BCUT2D eigenvalue weighted by atomic mass is 10.1. The van der Waals surface area contributed by atoms with Crippen LogP contribution < -0.4 is 11.5 Å². The third-order valence-electron chi connectivity index (χ3n) is 1.67. The van der Waals surface area contributed by atoms with E-state index in [0.29, 0.717) is 11.3 Å². The number of nitrogen functional groups attached to an aromatic ring is 2. The van der Waals surface area contributed by atoms with Crippen LogP contribution in [0.4, 0.5) is 5.69 Å². The SMILES string of the molecule is Cc1c(N)cccc1C(=N)N. The van der Waals surface area contributed by atoms with Gasteiger partial charge < -0.3 is 11.5 Å². The minimum absolute atomic E-state index is 0.0646. The molecule has 3 heteroatoms. The van der Waals surface area contributed by atoms with Crippen molar-refractivity contribution in [2.75, 3.05) is 5.73 Å². The Kier molecular flexibility index (Phi) is 1.81. The largest absolute Gasteiger partial charge is 0.398 e. The molecule has 58 valence electrons. The summed E-state index contributed by atoms with van der Waals surface area (Å²) in [5.41, 5.74) is 13.2. The first kappa shape index (κ1) is 7.60. The van der Waals surface area contributed by atoms with Gasteiger partial charge in [0.25, 0.3) is 0 Å². The maximum Gasteiger partial charge on any atom is 0.123 e. The van der Waals surface area contributed by atoms with Gasteiger partial charge >= 0.3 is 0 Å². The molecule has 0 atom stereocenters. The molecule has 0 aliphatic carbocycles. The fourth-order valence-corrected chi connectivity index (χ4v) is 0.945. The zero-order valence-corrected chi connectivity index (χ0v) is 6.39. The van der Waals surface area contributed by atoms with Crippen molar-refractivity contribution in [2.24, 2.45) is 5.73 Å². The Hall–Kier alpha value is -1.51. The summed E-state index contributed by atoms with van der Waals surface area (Å²) in [6.45, 7) is 1.85. The van der Waals surface area contributed by atoms with Crippen molar-refractivity contribution in [3.63, 3.8) is 0 Å². The van der Waals surface area contributed by atoms with Crippen LogP contribution in [0, 0.1) is 12.3 Å². The smallest absolute Gasteiger partial charge is 0.123 e. The van der Waals surface area contributed by atoms with Crippen molar-refractivity contribution in [1.82, 2.24) is 0 Å². The second kappa shape index (κ2) is 2.62. The normalized spacial score (nSPS) is 9.55. The van der Waals surface area contributed by atoms with Crippen LogP contribution in [0.5, 0.6) is 0 Å². The van der Waals surface area contributed by atoms with E-state index >= 15 is 0 Å². The van der Waals surface area contributed by atoms with Crippen molar-refractivity contribution in [3.05, 3.63) is 29.3 Å². The molecule has 0 saturated heterocycles. The van der Waals surface area contributed by atoms with Gasteiger partial charge in [-0.25, -0.2) is 0 Å². The first-order chi connectivity index (χ1) is 5.13. The van der Waals surface area contributed by atoms with Gasteiger partial charge in [0.15, 0.2) is 0 Å². The van der Waals surface area contributed by atoms with E-state index in [9.17, 15) is 0 Å². The summed E-state index contributed by atoms with van der Waals surface area (Å²) in [5.74, 6) is 0.0646. The highest BCUT2D eigenvalue weighted by Gasteiger charge is 2.01. The van der Waals surface area contributed by atoms with Crippen LogP contribution in [-0.4, -0.2) is 5.84 Å². The topological polar surface area (TPSA) is 75.9 Å². The van der Waals surface area contributed by atoms with Gasteiger partial charge in [0, 0.05) is 11.3 Å². The van der Waals surface area contributed by atoms with E-state index in [-0.39, 0.29) is 5.84 Å². The van der Waals surface area contributed by atoms with E-state index < -0.39 is 0 Å². The van der Waals surface area contributed by atoms with Crippen molar-refractivity contribution in [2.45, 2.75) is 6.92 Å². The predicted molar refractivity (Wildman–Crippen MR) is 46.6 cm³/mol. The summed E-state index contributed by atoms with van der Waals surface area (Å²) in [6.07, 6.45) is 0. The van der Waals surface area contributed by atoms with E-state index in [2.05, 4.69) is 0 Å². The van der Waals surface area contributed by atoms with Gasteiger partial charge in [0.05, 0.1) is 0 Å². The molecular weight excluding hydrogens is 138 g/mol. The molecule has 0 fully saturated rings. The fourth-order valence-electron chi connectivity index (χ4n) is 0.945. The summed E-state index contributed by atoms with van der Waals surface area (Å²) in [7, 11) is 0. The summed E-state index contributed by atoms with van der Waals surface area (Å²) in [5, 5.41) is 7.20. The van der Waals surface area contributed by atoms with Crippen LogP contribution in [0.3, 0.4) is 0 Å². The molecule has 1 aromatic carbocycles. The minimum atomic E-state index is 0.0646. The highest BCUT2D eigenvalue weighted by molar-refractivity contribution is 5.97. The van der Waals surface area contributed by atoms with E-state index in [4.69, 9.17) is 16.9 Å². The number of nitrogens with two attached hydrogens (primary N) is 2. The summed E-state index contributed by atoms with van der Waals surface area (Å²) >= 11 is 0.